The number of phenols is 1. The molecule has 0 amide bonds. The summed E-state index contributed by atoms with van der Waals surface area (Å²) < 4.78 is 0. The van der Waals surface area contributed by atoms with E-state index in [9.17, 15) is 10.2 Å². The maximum Gasteiger partial charge on any atom is 0.115 e. The zero-order valence-corrected chi connectivity index (χ0v) is 9.79. The van der Waals surface area contributed by atoms with E-state index in [1.165, 1.54) is 0 Å². The lowest BCUT2D eigenvalue weighted by Crippen LogP contribution is -2.27. The number of benzene rings is 1. The van der Waals surface area contributed by atoms with Gasteiger partial charge in [0, 0.05) is 12.6 Å². The van der Waals surface area contributed by atoms with E-state index in [-0.39, 0.29) is 18.2 Å². The van der Waals surface area contributed by atoms with Crippen LogP contribution in [0.15, 0.2) is 24.3 Å². The summed E-state index contributed by atoms with van der Waals surface area (Å²) in [6.45, 7) is 4.55. The van der Waals surface area contributed by atoms with Crippen molar-refractivity contribution in [2.75, 3.05) is 6.54 Å². The molecule has 1 atom stereocenters. The van der Waals surface area contributed by atoms with Gasteiger partial charge < -0.3 is 15.5 Å². The highest BCUT2D eigenvalue weighted by molar-refractivity contribution is 5.85. The number of phenolic OH excluding ortho intramolecular Hbond substituents is 1. The van der Waals surface area contributed by atoms with Gasteiger partial charge in [0.15, 0.2) is 0 Å². The van der Waals surface area contributed by atoms with Gasteiger partial charge in [-0.2, -0.15) is 0 Å². The number of hydrogen-bond acceptors (Lipinski definition) is 3. The number of aliphatic hydroxyl groups excluding tert-OH is 1. The molecule has 1 aromatic carbocycles. The molecule has 0 heterocycles. The molecule has 4 heteroatoms. The van der Waals surface area contributed by atoms with Crippen molar-refractivity contribution < 1.29 is 10.2 Å². The molecule has 0 spiro atoms. The molecule has 0 saturated carbocycles. The van der Waals surface area contributed by atoms with Crippen molar-refractivity contribution in [3.05, 3.63) is 29.8 Å². The van der Waals surface area contributed by atoms with Gasteiger partial charge in [-0.1, -0.05) is 26.0 Å². The fourth-order valence-corrected chi connectivity index (χ4v) is 1.20. The zero-order chi connectivity index (χ0) is 10.6. The highest BCUT2D eigenvalue weighted by Gasteiger charge is 2.07. The quantitative estimate of drug-likeness (QED) is 0.741. The molecule has 3 N–H and O–H groups in total. The van der Waals surface area contributed by atoms with Gasteiger partial charge in [0.2, 0.25) is 0 Å². The Labute approximate surface area is 96.5 Å². The van der Waals surface area contributed by atoms with Crippen molar-refractivity contribution in [3.63, 3.8) is 0 Å². The fourth-order valence-electron chi connectivity index (χ4n) is 1.20. The molecule has 1 aromatic rings. The molecule has 0 bridgehead atoms. The monoisotopic (exact) mass is 231 g/mol. The molecule has 3 nitrogen and oxygen atoms in total. The Balaban J connectivity index is 0.00000196. The third kappa shape index (κ3) is 5.02. The Morgan fingerprint density at radius 3 is 2.53 bits per heavy atom. The summed E-state index contributed by atoms with van der Waals surface area (Å²) in [4.78, 5) is 0. The highest BCUT2D eigenvalue weighted by Crippen LogP contribution is 2.17. The van der Waals surface area contributed by atoms with Crippen LogP contribution in [0.2, 0.25) is 0 Å². The van der Waals surface area contributed by atoms with E-state index < -0.39 is 6.10 Å². The van der Waals surface area contributed by atoms with E-state index in [1.54, 1.807) is 24.3 Å². The molecular formula is C11H18ClNO2. The number of nitrogens with one attached hydrogen (secondary N) is 1. The minimum atomic E-state index is -0.565. The first-order valence-electron chi connectivity index (χ1n) is 4.80. The molecule has 0 aromatic heterocycles. The van der Waals surface area contributed by atoms with Gasteiger partial charge in [0.25, 0.3) is 0 Å². The number of aromatic hydroxyl groups is 1. The van der Waals surface area contributed by atoms with Crippen LogP contribution in [0.5, 0.6) is 5.75 Å². The smallest absolute Gasteiger partial charge is 0.115 e. The Bertz CT molecular complexity index is 292. The maximum absolute atomic E-state index is 9.72. The third-order valence-electron chi connectivity index (χ3n) is 1.97. The Kier molecular flexibility index (Phi) is 6.32. The van der Waals surface area contributed by atoms with Crippen molar-refractivity contribution in [2.24, 2.45) is 0 Å². The van der Waals surface area contributed by atoms with Gasteiger partial charge >= 0.3 is 0 Å². The molecule has 15 heavy (non-hydrogen) atoms. The third-order valence-corrected chi connectivity index (χ3v) is 1.97. The lowest BCUT2D eigenvalue weighted by Gasteiger charge is -2.14. The lowest BCUT2D eigenvalue weighted by molar-refractivity contribution is 0.171. The molecule has 1 rings (SSSR count). The van der Waals surface area contributed by atoms with Gasteiger partial charge in [-0.25, -0.2) is 0 Å². The van der Waals surface area contributed by atoms with E-state index in [1.807, 2.05) is 13.8 Å². The summed E-state index contributed by atoms with van der Waals surface area (Å²) in [6.07, 6.45) is -0.565. The predicted molar refractivity (Wildman–Crippen MR) is 63.5 cm³/mol. The van der Waals surface area contributed by atoms with Crippen LogP contribution < -0.4 is 5.32 Å². The standard InChI is InChI=1S/C11H17NO2.ClH/c1-8(2)12-7-11(14)9-4-3-5-10(13)6-9;/h3-6,8,11-14H,7H2,1-2H3;1H/t11-;/m0./s1. The summed E-state index contributed by atoms with van der Waals surface area (Å²) in [5.74, 6) is 0.186. The number of halogens is 1. The molecule has 0 aliphatic carbocycles. The number of hydrogen-bond donors (Lipinski definition) is 3. The topological polar surface area (TPSA) is 52.5 Å². The lowest BCUT2D eigenvalue weighted by atomic mass is 10.1. The second-order valence-corrected chi connectivity index (χ2v) is 3.67. The van der Waals surface area contributed by atoms with Crippen molar-refractivity contribution in [1.82, 2.24) is 5.32 Å². The van der Waals surface area contributed by atoms with Crippen molar-refractivity contribution in [3.8, 4) is 5.75 Å². The molecule has 0 saturated heterocycles. The van der Waals surface area contributed by atoms with Crippen LogP contribution in [0.4, 0.5) is 0 Å². The zero-order valence-electron chi connectivity index (χ0n) is 8.97. The Morgan fingerprint density at radius 1 is 1.33 bits per heavy atom. The van der Waals surface area contributed by atoms with Gasteiger partial charge in [-0.15, -0.1) is 12.4 Å². The largest absolute Gasteiger partial charge is 0.508 e. The van der Waals surface area contributed by atoms with E-state index in [4.69, 9.17) is 0 Å². The molecule has 0 aliphatic heterocycles. The summed E-state index contributed by atoms with van der Waals surface area (Å²) in [5.41, 5.74) is 0.734. The number of rotatable bonds is 4. The first-order chi connectivity index (χ1) is 6.59. The van der Waals surface area contributed by atoms with Gasteiger partial charge in [0.05, 0.1) is 6.10 Å². The van der Waals surface area contributed by atoms with Crippen molar-refractivity contribution in [1.29, 1.82) is 0 Å². The normalized spacial score (nSPS) is 12.3. The molecule has 86 valence electrons. The van der Waals surface area contributed by atoms with Crippen molar-refractivity contribution >= 4 is 12.4 Å². The number of aliphatic hydroxyl groups is 1. The van der Waals surface area contributed by atoms with Crippen LogP contribution in [-0.4, -0.2) is 22.8 Å². The van der Waals surface area contributed by atoms with Gasteiger partial charge in [-0.3, -0.25) is 0 Å². The average molecular weight is 232 g/mol. The summed E-state index contributed by atoms with van der Waals surface area (Å²) in [6, 6.07) is 7.04. The van der Waals surface area contributed by atoms with E-state index in [0.717, 1.165) is 5.56 Å². The van der Waals surface area contributed by atoms with Crippen LogP contribution in [0, 0.1) is 0 Å². The molecule has 0 aliphatic rings. The summed E-state index contributed by atoms with van der Waals surface area (Å²) in [7, 11) is 0. The SMILES string of the molecule is CC(C)NC[C@H](O)c1cccc(O)c1.Cl. The molecule has 0 radical (unpaired) electrons. The highest BCUT2D eigenvalue weighted by atomic mass is 35.5. The van der Waals surface area contributed by atoms with Crippen LogP contribution in [0.3, 0.4) is 0 Å². The van der Waals surface area contributed by atoms with Crippen LogP contribution >= 0.6 is 12.4 Å². The maximum atomic E-state index is 9.72. The second kappa shape index (κ2) is 6.67. The van der Waals surface area contributed by atoms with E-state index >= 15 is 0 Å². The second-order valence-electron chi connectivity index (χ2n) is 3.67. The van der Waals surface area contributed by atoms with E-state index in [2.05, 4.69) is 5.32 Å². The molecule has 0 fully saturated rings. The summed E-state index contributed by atoms with van der Waals surface area (Å²) in [5, 5.41) is 22.1. The minimum Gasteiger partial charge on any atom is -0.508 e. The van der Waals surface area contributed by atoms with E-state index in [0.29, 0.717) is 12.6 Å². The van der Waals surface area contributed by atoms with Gasteiger partial charge in [-0.05, 0) is 17.7 Å². The summed E-state index contributed by atoms with van der Waals surface area (Å²) >= 11 is 0. The first kappa shape index (κ1) is 14.2. The van der Waals surface area contributed by atoms with Crippen LogP contribution in [0.1, 0.15) is 25.5 Å². The first-order valence-corrected chi connectivity index (χ1v) is 4.80. The average Bonchev–Trinajstić information content (AvgIpc) is 2.14. The fraction of sp³-hybridized carbons (Fsp3) is 0.455. The van der Waals surface area contributed by atoms with Crippen molar-refractivity contribution in [2.45, 2.75) is 26.0 Å². The van der Waals surface area contributed by atoms with Crippen LogP contribution in [0.25, 0.3) is 0 Å². The predicted octanol–water partition coefficient (Wildman–Crippen LogP) is 1.85. The van der Waals surface area contributed by atoms with Gasteiger partial charge in [0.1, 0.15) is 5.75 Å². The minimum absolute atomic E-state index is 0. The Hall–Kier alpha value is -0.770. The van der Waals surface area contributed by atoms with Crippen LogP contribution in [-0.2, 0) is 0 Å². The molecular weight excluding hydrogens is 214 g/mol. The molecule has 0 unspecified atom stereocenters. The Morgan fingerprint density at radius 2 is 2.00 bits per heavy atom.